The third kappa shape index (κ3) is 6.18. The van der Waals surface area contributed by atoms with E-state index in [9.17, 15) is 9.59 Å². The maximum atomic E-state index is 12.2. The van der Waals surface area contributed by atoms with Gasteiger partial charge >= 0.3 is 6.09 Å². The highest BCUT2D eigenvalue weighted by molar-refractivity contribution is 5.85. The molecule has 0 spiro atoms. The number of para-hydroxylation sites is 2. The van der Waals surface area contributed by atoms with Crippen LogP contribution in [0.2, 0.25) is 0 Å². The fraction of sp³-hybridized carbons (Fsp3) is 0.263. The Morgan fingerprint density at radius 1 is 0.920 bits per heavy atom. The minimum atomic E-state index is -0.631. The van der Waals surface area contributed by atoms with Gasteiger partial charge in [-0.3, -0.25) is 15.2 Å². The predicted octanol–water partition coefficient (Wildman–Crippen LogP) is 3.38. The maximum Gasteiger partial charge on any atom is 0.408 e. The zero-order chi connectivity index (χ0) is 18.3. The highest BCUT2D eigenvalue weighted by Crippen LogP contribution is 2.22. The number of alkyl carbamates (subject to hydrolysis) is 1. The molecule has 2 rings (SSSR count). The third-order valence-corrected chi connectivity index (χ3v) is 3.06. The van der Waals surface area contributed by atoms with Crippen molar-refractivity contribution in [1.29, 1.82) is 0 Å². The molecule has 0 heterocycles. The van der Waals surface area contributed by atoms with Crippen LogP contribution < -0.4 is 15.8 Å². The summed E-state index contributed by atoms with van der Waals surface area (Å²) >= 11 is 0. The summed E-state index contributed by atoms with van der Waals surface area (Å²) in [4.78, 5) is 23.9. The molecule has 0 atom stereocenters. The third-order valence-electron chi connectivity index (χ3n) is 3.06. The molecule has 0 radical (unpaired) electrons. The standard InChI is InChI=1S/C19H23N3O3/c1-19(2,3)25-18(24)20-14-17(23)21-22(15-10-6-4-7-11-15)16-12-8-5-9-13-16/h4-13H,14H2,1-3H3,(H,20,24)(H,21,23). The van der Waals surface area contributed by atoms with Gasteiger partial charge in [-0.05, 0) is 45.0 Å². The topological polar surface area (TPSA) is 70.7 Å². The van der Waals surface area contributed by atoms with Crippen molar-refractivity contribution in [1.82, 2.24) is 10.7 Å². The van der Waals surface area contributed by atoms with E-state index in [4.69, 9.17) is 4.74 Å². The van der Waals surface area contributed by atoms with Gasteiger partial charge in [0.05, 0.1) is 11.4 Å². The summed E-state index contributed by atoms with van der Waals surface area (Å²) in [7, 11) is 0. The number of hydrogen-bond acceptors (Lipinski definition) is 4. The Labute approximate surface area is 147 Å². The van der Waals surface area contributed by atoms with Gasteiger partial charge in [0.1, 0.15) is 12.1 Å². The van der Waals surface area contributed by atoms with Crippen LogP contribution in [0.4, 0.5) is 16.2 Å². The first-order valence-corrected chi connectivity index (χ1v) is 8.02. The number of carbonyl (C=O) groups is 2. The van der Waals surface area contributed by atoms with Gasteiger partial charge in [0.25, 0.3) is 5.91 Å². The Kier molecular flexibility index (Phi) is 6.00. The van der Waals surface area contributed by atoms with Crippen LogP contribution in [0.25, 0.3) is 0 Å². The van der Waals surface area contributed by atoms with E-state index >= 15 is 0 Å². The van der Waals surface area contributed by atoms with Crippen molar-refractivity contribution >= 4 is 23.4 Å². The number of nitrogens with zero attached hydrogens (tertiary/aromatic N) is 1. The molecular formula is C19H23N3O3. The monoisotopic (exact) mass is 341 g/mol. The lowest BCUT2D eigenvalue weighted by Crippen LogP contribution is -2.45. The van der Waals surface area contributed by atoms with Crippen molar-refractivity contribution < 1.29 is 14.3 Å². The summed E-state index contributed by atoms with van der Waals surface area (Å²) in [6.07, 6.45) is -0.631. The van der Waals surface area contributed by atoms with Gasteiger partial charge in [-0.15, -0.1) is 0 Å². The minimum Gasteiger partial charge on any atom is -0.444 e. The molecule has 2 amide bonds. The molecule has 0 unspecified atom stereocenters. The molecule has 0 aliphatic rings. The second-order valence-electron chi connectivity index (χ2n) is 6.40. The summed E-state index contributed by atoms with van der Waals surface area (Å²) in [5.74, 6) is -0.362. The molecule has 2 aromatic rings. The fourth-order valence-corrected chi connectivity index (χ4v) is 2.06. The number of benzene rings is 2. The number of hydrazine groups is 1. The van der Waals surface area contributed by atoms with Gasteiger partial charge in [0, 0.05) is 0 Å². The number of nitrogens with one attached hydrogen (secondary N) is 2. The van der Waals surface area contributed by atoms with Gasteiger partial charge in [0.2, 0.25) is 0 Å². The number of hydrogen-bond donors (Lipinski definition) is 2. The Morgan fingerprint density at radius 2 is 1.40 bits per heavy atom. The van der Waals surface area contributed by atoms with Gasteiger partial charge in [0.15, 0.2) is 0 Å². The molecule has 25 heavy (non-hydrogen) atoms. The van der Waals surface area contributed by atoms with Gasteiger partial charge in [-0.2, -0.15) is 0 Å². The van der Waals surface area contributed by atoms with E-state index in [2.05, 4.69) is 10.7 Å². The summed E-state index contributed by atoms with van der Waals surface area (Å²) in [5.41, 5.74) is 3.79. The summed E-state index contributed by atoms with van der Waals surface area (Å²) in [6.45, 7) is 5.10. The van der Waals surface area contributed by atoms with Gasteiger partial charge in [-0.1, -0.05) is 36.4 Å². The van der Waals surface area contributed by atoms with Gasteiger partial charge in [-0.25, -0.2) is 4.79 Å². The molecule has 0 saturated heterocycles. The first-order chi connectivity index (χ1) is 11.8. The minimum absolute atomic E-state index is 0.189. The number of carbonyl (C=O) groups excluding carboxylic acids is 2. The summed E-state index contributed by atoms with van der Waals surface area (Å²) in [5, 5.41) is 4.11. The van der Waals surface area contributed by atoms with E-state index in [1.54, 1.807) is 25.8 Å². The van der Waals surface area contributed by atoms with Crippen molar-refractivity contribution in [3.63, 3.8) is 0 Å². The van der Waals surface area contributed by atoms with Crippen LogP contribution in [0.1, 0.15) is 20.8 Å². The highest BCUT2D eigenvalue weighted by Gasteiger charge is 2.17. The summed E-state index contributed by atoms with van der Waals surface area (Å²) in [6, 6.07) is 18.9. The molecule has 0 aromatic heterocycles. The number of ether oxygens (including phenoxy) is 1. The normalized spacial score (nSPS) is 10.7. The molecule has 0 fully saturated rings. The van der Waals surface area contributed by atoms with Crippen molar-refractivity contribution in [3.05, 3.63) is 60.7 Å². The van der Waals surface area contributed by atoms with E-state index in [-0.39, 0.29) is 12.5 Å². The number of anilines is 2. The van der Waals surface area contributed by atoms with Crippen LogP contribution >= 0.6 is 0 Å². The fourth-order valence-electron chi connectivity index (χ4n) is 2.06. The zero-order valence-electron chi connectivity index (χ0n) is 14.7. The first kappa shape index (κ1) is 18.3. The lowest BCUT2D eigenvalue weighted by molar-refractivity contribution is -0.120. The molecule has 132 valence electrons. The molecule has 6 heteroatoms. The van der Waals surface area contributed by atoms with Crippen LogP contribution in [0, 0.1) is 0 Å². The molecule has 2 N–H and O–H groups in total. The first-order valence-electron chi connectivity index (χ1n) is 8.02. The van der Waals surface area contributed by atoms with E-state index < -0.39 is 11.7 Å². The van der Waals surface area contributed by atoms with Crippen molar-refractivity contribution in [2.45, 2.75) is 26.4 Å². The smallest absolute Gasteiger partial charge is 0.408 e. The highest BCUT2D eigenvalue weighted by atomic mass is 16.6. The van der Waals surface area contributed by atoms with E-state index in [1.165, 1.54) is 0 Å². The Bertz CT molecular complexity index is 657. The molecule has 0 aliphatic carbocycles. The lowest BCUT2D eigenvalue weighted by Gasteiger charge is -2.25. The van der Waals surface area contributed by atoms with Crippen LogP contribution in [0.15, 0.2) is 60.7 Å². The second-order valence-corrected chi connectivity index (χ2v) is 6.40. The molecule has 6 nitrogen and oxygen atoms in total. The van der Waals surface area contributed by atoms with E-state index in [0.717, 1.165) is 11.4 Å². The molecule has 0 aliphatic heterocycles. The van der Waals surface area contributed by atoms with Gasteiger partial charge < -0.3 is 10.1 Å². The summed E-state index contributed by atoms with van der Waals surface area (Å²) < 4.78 is 5.12. The van der Waals surface area contributed by atoms with Crippen LogP contribution in [0.5, 0.6) is 0 Å². The Hall–Kier alpha value is -3.02. The Morgan fingerprint density at radius 3 is 1.84 bits per heavy atom. The Balaban J connectivity index is 2.02. The van der Waals surface area contributed by atoms with Crippen molar-refractivity contribution in [2.24, 2.45) is 0 Å². The molecular weight excluding hydrogens is 318 g/mol. The average molecular weight is 341 g/mol. The second kappa shape index (κ2) is 8.19. The number of rotatable bonds is 5. The van der Waals surface area contributed by atoms with E-state index in [1.807, 2.05) is 60.7 Å². The number of amides is 2. The van der Waals surface area contributed by atoms with Crippen molar-refractivity contribution in [3.8, 4) is 0 Å². The van der Waals surface area contributed by atoms with Crippen LogP contribution in [-0.4, -0.2) is 24.1 Å². The van der Waals surface area contributed by atoms with E-state index in [0.29, 0.717) is 0 Å². The van der Waals surface area contributed by atoms with Crippen LogP contribution in [-0.2, 0) is 9.53 Å². The lowest BCUT2D eigenvalue weighted by atomic mass is 10.2. The zero-order valence-corrected chi connectivity index (χ0v) is 14.7. The molecule has 0 saturated carbocycles. The maximum absolute atomic E-state index is 12.2. The average Bonchev–Trinajstić information content (AvgIpc) is 2.58. The quantitative estimate of drug-likeness (QED) is 0.818. The SMILES string of the molecule is CC(C)(C)OC(=O)NCC(=O)NN(c1ccccc1)c1ccccc1. The largest absolute Gasteiger partial charge is 0.444 e. The molecule has 0 bridgehead atoms. The van der Waals surface area contributed by atoms with Crippen LogP contribution in [0.3, 0.4) is 0 Å². The van der Waals surface area contributed by atoms with Crippen molar-refractivity contribution in [2.75, 3.05) is 11.6 Å². The predicted molar refractivity (Wildman–Crippen MR) is 97.4 cm³/mol. The molecule has 2 aromatic carbocycles.